The maximum absolute atomic E-state index is 13.0. The first kappa shape index (κ1) is 27.5. The van der Waals surface area contributed by atoms with Crippen LogP contribution in [0.25, 0.3) is 23.1 Å². The SMILES string of the molecule is COc1ccc2c(c1)[C@]1(C[C@H]1c1ccc3c(/C=C/c4ccc(CN5C[C@@H](C)O[C@@H](C)C5)cc4)n[nH]c3c1)C(=O)N2.Cl. The molecule has 8 heteroatoms. The van der Waals surface area contributed by atoms with Crippen LogP contribution in [-0.2, 0) is 21.5 Å². The van der Waals surface area contributed by atoms with E-state index in [9.17, 15) is 4.79 Å². The summed E-state index contributed by atoms with van der Waals surface area (Å²) in [6.45, 7) is 7.16. The second-order valence-electron chi connectivity index (χ2n) is 11.5. The number of carbonyl (C=O) groups is 1. The smallest absolute Gasteiger partial charge is 0.235 e. The highest BCUT2D eigenvalue weighted by atomic mass is 35.5. The second-order valence-corrected chi connectivity index (χ2v) is 11.5. The van der Waals surface area contributed by atoms with E-state index in [0.717, 1.165) is 70.8 Å². The molecule has 1 aliphatic carbocycles. The van der Waals surface area contributed by atoms with Crippen LogP contribution in [0.2, 0.25) is 0 Å². The van der Waals surface area contributed by atoms with Crippen molar-refractivity contribution in [1.29, 1.82) is 0 Å². The molecule has 7 nitrogen and oxygen atoms in total. The summed E-state index contributed by atoms with van der Waals surface area (Å²) in [6, 6.07) is 21.0. The van der Waals surface area contributed by atoms with Crippen LogP contribution in [0, 0.1) is 0 Å². The van der Waals surface area contributed by atoms with Gasteiger partial charge < -0.3 is 14.8 Å². The standard InChI is InChI=1S/C33H34N4O3.ClH/c1-20-17-37(18-21(2)40-20)19-23-6-4-22(5-7-23)8-12-29-26-11-9-24(14-31(26)36-35-29)28-16-33(28)27-15-25(39-3)10-13-30(27)34-32(33)38;/h4-15,20-21,28H,16-19H2,1-3H3,(H,34,38)(H,35,36);1H/b12-8+;/t20-,21+,28-,33-;/m0./s1. The number of ether oxygens (including phenoxy) is 2. The summed E-state index contributed by atoms with van der Waals surface area (Å²) < 4.78 is 11.3. The van der Waals surface area contributed by atoms with Crippen molar-refractivity contribution >= 4 is 47.1 Å². The number of carbonyl (C=O) groups excluding carboxylic acids is 1. The van der Waals surface area contributed by atoms with Crippen molar-refractivity contribution < 1.29 is 14.3 Å². The number of rotatable bonds is 6. The zero-order valence-corrected chi connectivity index (χ0v) is 24.3. The average Bonchev–Trinajstić information content (AvgIpc) is 3.48. The molecule has 1 saturated carbocycles. The number of benzene rings is 3. The quantitative estimate of drug-likeness (QED) is 0.291. The van der Waals surface area contributed by atoms with Crippen LogP contribution in [0.15, 0.2) is 60.7 Å². The number of morpholine rings is 1. The van der Waals surface area contributed by atoms with Gasteiger partial charge in [-0.15, -0.1) is 12.4 Å². The van der Waals surface area contributed by atoms with E-state index in [0.29, 0.717) is 0 Å². The summed E-state index contributed by atoms with van der Waals surface area (Å²) >= 11 is 0. The highest BCUT2D eigenvalue weighted by Gasteiger charge is 2.65. The van der Waals surface area contributed by atoms with Crippen LogP contribution < -0.4 is 10.1 Å². The van der Waals surface area contributed by atoms with Gasteiger partial charge in [-0.05, 0) is 72.9 Å². The van der Waals surface area contributed by atoms with Crippen molar-refractivity contribution in [3.8, 4) is 5.75 Å². The molecular formula is C33H35ClN4O3. The number of halogens is 1. The first-order chi connectivity index (χ1) is 19.4. The number of hydrogen-bond donors (Lipinski definition) is 2. The topological polar surface area (TPSA) is 79.5 Å². The molecule has 0 bridgehead atoms. The molecule has 7 rings (SSSR count). The van der Waals surface area contributed by atoms with Gasteiger partial charge in [-0.25, -0.2) is 0 Å². The van der Waals surface area contributed by atoms with E-state index in [1.54, 1.807) is 7.11 Å². The Labute approximate surface area is 246 Å². The predicted molar refractivity (Wildman–Crippen MR) is 165 cm³/mol. The van der Waals surface area contributed by atoms with Crippen molar-refractivity contribution in [2.75, 3.05) is 25.5 Å². The van der Waals surface area contributed by atoms with E-state index in [1.807, 2.05) is 18.2 Å². The Morgan fingerprint density at radius 2 is 1.83 bits per heavy atom. The largest absolute Gasteiger partial charge is 0.497 e. The maximum atomic E-state index is 13.0. The number of methoxy groups -OCH3 is 1. The minimum absolute atomic E-state index is 0. The lowest BCUT2D eigenvalue weighted by Crippen LogP contribution is -2.44. The first-order valence-corrected chi connectivity index (χ1v) is 14.1. The molecule has 1 aromatic heterocycles. The Kier molecular flexibility index (Phi) is 7.14. The first-order valence-electron chi connectivity index (χ1n) is 14.1. The van der Waals surface area contributed by atoms with Crippen LogP contribution in [0.4, 0.5) is 5.69 Å². The number of aromatic nitrogens is 2. The molecule has 0 radical (unpaired) electrons. The second kappa shape index (κ2) is 10.6. The Hall–Kier alpha value is -3.65. The third kappa shape index (κ3) is 4.92. The van der Waals surface area contributed by atoms with E-state index in [-0.39, 0.29) is 36.4 Å². The number of H-pyrrole nitrogens is 1. The molecule has 2 N–H and O–H groups in total. The van der Waals surface area contributed by atoms with E-state index < -0.39 is 5.41 Å². The van der Waals surface area contributed by atoms with Gasteiger partial charge in [-0.1, -0.05) is 42.5 Å². The summed E-state index contributed by atoms with van der Waals surface area (Å²) in [4.78, 5) is 15.5. The zero-order valence-electron chi connectivity index (χ0n) is 23.5. The molecule has 2 aliphatic heterocycles. The summed E-state index contributed by atoms with van der Waals surface area (Å²) in [5.74, 6) is 0.987. The van der Waals surface area contributed by atoms with Gasteiger partial charge in [0, 0.05) is 36.6 Å². The average molecular weight is 571 g/mol. The number of aromatic amines is 1. The molecule has 3 aromatic carbocycles. The molecule has 212 valence electrons. The lowest BCUT2D eigenvalue weighted by Gasteiger charge is -2.35. The van der Waals surface area contributed by atoms with Crippen molar-refractivity contribution in [2.45, 2.75) is 50.4 Å². The number of amides is 1. The fourth-order valence-electron chi connectivity index (χ4n) is 6.68. The van der Waals surface area contributed by atoms with Crippen molar-refractivity contribution in [3.05, 3.63) is 88.6 Å². The Morgan fingerprint density at radius 1 is 1.05 bits per heavy atom. The normalized spacial score (nSPS) is 25.3. The molecule has 41 heavy (non-hydrogen) atoms. The fraction of sp³-hybridized carbons (Fsp3) is 0.333. The third-order valence-electron chi connectivity index (χ3n) is 8.66. The Balaban J connectivity index is 0.00000302. The van der Waals surface area contributed by atoms with Gasteiger partial charge in [0.25, 0.3) is 0 Å². The lowest BCUT2D eigenvalue weighted by molar-refractivity contribution is -0.118. The van der Waals surface area contributed by atoms with E-state index in [4.69, 9.17) is 9.47 Å². The molecule has 4 aromatic rings. The molecule has 1 spiro atoms. The monoisotopic (exact) mass is 570 g/mol. The van der Waals surface area contributed by atoms with Crippen LogP contribution in [0.5, 0.6) is 5.75 Å². The summed E-state index contributed by atoms with van der Waals surface area (Å²) in [6.07, 6.45) is 5.52. The number of nitrogens with one attached hydrogen (secondary N) is 2. The minimum Gasteiger partial charge on any atom is -0.497 e. The summed E-state index contributed by atoms with van der Waals surface area (Å²) in [5, 5.41) is 11.9. The molecule has 3 heterocycles. The van der Waals surface area contributed by atoms with Crippen LogP contribution in [0.1, 0.15) is 54.1 Å². The molecule has 4 atom stereocenters. The summed E-state index contributed by atoms with van der Waals surface area (Å²) in [7, 11) is 1.66. The van der Waals surface area contributed by atoms with E-state index >= 15 is 0 Å². The van der Waals surface area contributed by atoms with Gasteiger partial charge in [0.2, 0.25) is 5.91 Å². The fourth-order valence-corrected chi connectivity index (χ4v) is 6.68. The zero-order chi connectivity index (χ0) is 27.4. The number of fused-ring (bicyclic) bond motifs is 3. The molecule has 1 saturated heterocycles. The van der Waals surface area contributed by atoms with Gasteiger partial charge in [-0.3, -0.25) is 14.8 Å². The number of nitrogens with zero attached hydrogens (tertiary/aromatic N) is 2. The number of anilines is 1. The third-order valence-corrected chi connectivity index (χ3v) is 8.66. The molecular weight excluding hydrogens is 536 g/mol. The lowest BCUT2D eigenvalue weighted by atomic mass is 9.91. The highest BCUT2D eigenvalue weighted by Crippen LogP contribution is 2.65. The molecule has 3 aliphatic rings. The maximum Gasteiger partial charge on any atom is 0.235 e. The predicted octanol–water partition coefficient (Wildman–Crippen LogP) is 6.15. The number of hydrogen-bond acceptors (Lipinski definition) is 5. The van der Waals surface area contributed by atoms with E-state index in [1.165, 1.54) is 5.56 Å². The minimum atomic E-state index is -0.509. The van der Waals surface area contributed by atoms with Gasteiger partial charge in [0.15, 0.2) is 0 Å². The van der Waals surface area contributed by atoms with Gasteiger partial charge in [0.1, 0.15) is 5.75 Å². The van der Waals surface area contributed by atoms with Crippen LogP contribution in [-0.4, -0.2) is 53.4 Å². The molecule has 1 amide bonds. The van der Waals surface area contributed by atoms with Crippen LogP contribution in [0.3, 0.4) is 0 Å². The van der Waals surface area contributed by atoms with Gasteiger partial charge >= 0.3 is 0 Å². The van der Waals surface area contributed by atoms with Gasteiger partial charge in [0.05, 0.1) is 35.9 Å². The molecule has 2 fully saturated rings. The van der Waals surface area contributed by atoms with Crippen LogP contribution >= 0.6 is 12.4 Å². The highest BCUT2D eigenvalue weighted by molar-refractivity contribution is 6.10. The van der Waals surface area contributed by atoms with Crippen molar-refractivity contribution in [3.63, 3.8) is 0 Å². The van der Waals surface area contributed by atoms with Gasteiger partial charge in [-0.2, -0.15) is 5.10 Å². The van der Waals surface area contributed by atoms with E-state index in [2.05, 4.69) is 88.9 Å². The summed E-state index contributed by atoms with van der Waals surface area (Å²) in [5.41, 5.74) is 6.90. The Morgan fingerprint density at radius 3 is 2.59 bits per heavy atom. The van der Waals surface area contributed by atoms with Crippen molar-refractivity contribution in [2.24, 2.45) is 0 Å². The van der Waals surface area contributed by atoms with Crippen molar-refractivity contribution in [1.82, 2.24) is 15.1 Å². The molecule has 0 unspecified atom stereocenters. The Bertz CT molecular complexity index is 1620.